The van der Waals surface area contributed by atoms with Crippen LogP contribution in [0.3, 0.4) is 0 Å². The Labute approximate surface area is 110 Å². The highest BCUT2D eigenvalue weighted by molar-refractivity contribution is 5.82. The van der Waals surface area contributed by atoms with Gasteiger partial charge in [0.1, 0.15) is 11.5 Å². The Balaban J connectivity index is 1.87. The fraction of sp³-hybridized carbons (Fsp3) is 0.286. The second-order valence-electron chi connectivity index (χ2n) is 5.12. The molecule has 19 heavy (non-hydrogen) atoms. The maximum absolute atomic E-state index is 5.56. The molecule has 0 atom stereocenters. The Bertz CT molecular complexity index is 767. The third kappa shape index (κ3) is 1.62. The van der Waals surface area contributed by atoms with Crippen LogP contribution in [0.2, 0.25) is 0 Å². The summed E-state index contributed by atoms with van der Waals surface area (Å²) in [7, 11) is 2.08. The van der Waals surface area contributed by atoms with Gasteiger partial charge in [0.15, 0.2) is 0 Å². The molecule has 0 radical (unpaired) electrons. The summed E-state index contributed by atoms with van der Waals surface area (Å²) >= 11 is 0. The first-order valence-electron chi connectivity index (χ1n) is 6.41. The maximum Gasteiger partial charge on any atom is 0.222 e. The molecule has 96 valence electrons. The highest BCUT2D eigenvalue weighted by atomic mass is 16.5. The molecular formula is C14H14N4O. The van der Waals surface area contributed by atoms with Gasteiger partial charge in [-0.1, -0.05) is 11.2 Å². The minimum Gasteiger partial charge on any atom is -0.368 e. The number of fused-ring (bicyclic) bond motifs is 1. The molecule has 1 fully saturated rings. The van der Waals surface area contributed by atoms with Crippen LogP contribution in [0.5, 0.6) is 0 Å². The number of nitrogen functional groups attached to an aromatic ring is 1. The second kappa shape index (κ2) is 3.60. The average Bonchev–Trinajstić information content (AvgIpc) is 3.08. The molecule has 2 heterocycles. The van der Waals surface area contributed by atoms with E-state index in [9.17, 15) is 0 Å². The Morgan fingerprint density at radius 1 is 1.32 bits per heavy atom. The molecule has 0 unspecified atom stereocenters. The van der Waals surface area contributed by atoms with E-state index >= 15 is 0 Å². The van der Waals surface area contributed by atoms with Crippen molar-refractivity contribution < 1.29 is 4.52 Å². The fourth-order valence-corrected chi connectivity index (χ4v) is 2.51. The summed E-state index contributed by atoms with van der Waals surface area (Å²) in [4.78, 5) is 4.74. The van der Waals surface area contributed by atoms with Crippen molar-refractivity contribution in [2.24, 2.45) is 7.05 Å². The summed E-state index contributed by atoms with van der Waals surface area (Å²) in [5.74, 6) is 2.16. The van der Waals surface area contributed by atoms with Gasteiger partial charge in [-0.15, -0.1) is 0 Å². The Kier molecular flexibility index (Phi) is 2.01. The van der Waals surface area contributed by atoms with E-state index in [0.717, 1.165) is 22.3 Å². The monoisotopic (exact) mass is 254 g/mol. The molecule has 0 spiro atoms. The Morgan fingerprint density at radius 2 is 2.16 bits per heavy atom. The van der Waals surface area contributed by atoms with Gasteiger partial charge in [0.25, 0.3) is 0 Å². The number of hydrogen-bond acceptors (Lipinski definition) is 4. The molecule has 2 aromatic heterocycles. The zero-order valence-electron chi connectivity index (χ0n) is 10.6. The summed E-state index contributed by atoms with van der Waals surface area (Å²) in [6.45, 7) is 0. The van der Waals surface area contributed by atoms with Crippen molar-refractivity contribution in [1.29, 1.82) is 0 Å². The van der Waals surface area contributed by atoms with Gasteiger partial charge in [-0.05, 0) is 25.0 Å². The van der Waals surface area contributed by atoms with Gasteiger partial charge in [0.2, 0.25) is 5.88 Å². The molecule has 5 nitrogen and oxygen atoms in total. The first kappa shape index (κ1) is 10.6. The predicted molar refractivity (Wildman–Crippen MR) is 72.6 cm³/mol. The normalized spacial score (nSPS) is 15.2. The SMILES string of the molecule is Cn1c(C2CC2)nc2cc(-c3cc(N)on3)ccc21. The molecule has 1 aliphatic rings. The van der Waals surface area contributed by atoms with Gasteiger partial charge in [-0.3, -0.25) is 0 Å². The molecule has 4 rings (SSSR count). The first-order valence-corrected chi connectivity index (χ1v) is 6.41. The number of benzene rings is 1. The van der Waals surface area contributed by atoms with Crippen LogP contribution >= 0.6 is 0 Å². The van der Waals surface area contributed by atoms with Crippen LogP contribution in [-0.2, 0) is 7.05 Å². The van der Waals surface area contributed by atoms with Crippen molar-refractivity contribution in [3.05, 3.63) is 30.1 Å². The van der Waals surface area contributed by atoms with Crippen LogP contribution < -0.4 is 5.73 Å². The number of hydrogen-bond donors (Lipinski definition) is 1. The van der Waals surface area contributed by atoms with Gasteiger partial charge >= 0.3 is 0 Å². The quantitative estimate of drug-likeness (QED) is 0.763. The molecule has 1 saturated carbocycles. The largest absolute Gasteiger partial charge is 0.368 e. The lowest BCUT2D eigenvalue weighted by Crippen LogP contribution is -1.94. The Morgan fingerprint density at radius 3 is 2.84 bits per heavy atom. The summed E-state index contributed by atoms with van der Waals surface area (Å²) in [6, 6.07) is 7.87. The summed E-state index contributed by atoms with van der Waals surface area (Å²) < 4.78 is 7.10. The zero-order valence-corrected chi connectivity index (χ0v) is 10.6. The zero-order chi connectivity index (χ0) is 13.0. The van der Waals surface area contributed by atoms with E-state index in [1.54, 1.807) is 6.07 Å². The number of aromatic nitrogens is 3. The third-order valence-electron chi connectivity index (χ3n) is 3.68. The van der Waals surface area contributed by atoms with Crippen LogP contribution in [0.15, 0.2) is 28.8 Å². The molecule has 3 aromatic rings. The third-order valence-corrected chi connectivity index (χ3v) is 3.68. The molecule has 2 N–H and O–H groups in total. The average molecular weight is 254 g/mol. The number of nitrogens with zero attached hydrogens (tertiary/aromatic N) is 3. The van der Waals surface area contributed by atoms with Crippen LogP contribution in [0, 0.1) is 0 Å². The van der Waals surface area contributed by atoms with Crippen LogP contribution in [0.4, 0.5) is 5.88 Å². The molecule has 0 amide bonds. The molecular weight excluding hydrogens is 240 g/mol. The van der Waals surface area contributed by atoms with Gasteiger partial charge in [-0.25, -0.2) is 4.98 Å². The van der Waals surface area contributed by atoms with Crippen molar-refractivity contribution in [2.75, 3.05) is 5.73 Å². The topological polar surface area (TPSA) is 69.9 Å². The van der Waals surface area contributed by atoms with E-state index in [1.807, 2.05) is 12.1 Å². The van der Waals surface area contributed by atoms with Crippen LogP contribution in [0.25, 0.3) is 22.3 Å². The molecule has 0 aliphatic heterocycles. The van der Waals surface area contributed by atoms with Crippen molar-refractivity contribution in [3.8, 4) is 11.3 Å². The molecule has 1 aliphatic carbocycles. The Hall–Kier alpha value is -2.30. The maximum atomic E-state index is 5.56. The predicted octanol–water partition coefficient (Wildman–Crippen LogP) is 2.69. The van der Waals surface area contributed by atoms with Gasteiger partial charge in [-0.2, -0.15) is 0 Å². The van der Waals surface area contributed by atoms with Crippen LogP contribution in [0.1, 0.15) is 24.6 Å². The number of aryl methyl sites for hydroxylation is 1. The summed E-state index contributed by atoms with van der Waals surface area (Å²) in [6.07, 6.45) is 2.51. The highest BCUT2D eigenvalue weighted by Gasteiger charge is 2.28. The summed E-state index contributed by atoms with van der Waals surface area (Å²) in [5.41, 5.74) is 9.44. The van der Waals surface area contributed by atoms with E-state index in [0.29, 0.717) is 11.8 Å². The molecule has 0 saturated heterocycles. The highest BCUT2D eigenvalue weighted by Crippen LogP contribution is 2.40. The molecule has 5 heteroatoms. The van der Waals surface area contributed by atoms with Gasteiger partial charge in [0.05, 0.1) is 11.0 Å². The van der Waals surface area contributed by atoms with E-state index in [-0.39, 0.29) is 0 Å². The van der Waals surface area contributed by atoms with Gasteiger partial charge < -0.3 is 14.8 Å². The van der Waals surface area contributed by atoms with E-state index in [2.05, 4.69) is 22.8 Å². The lowest BCUT2D eigenvalue weighted by atomic mass is 10.1. The van der Waals surface area contributed by atoms with Crippen molar-refractivity contribution in [3.63, 3.8) is 0 Å². The lowest BCUT2D eigenvalue weighted by molar-refractivity contribution is 0.439. The standard InChI is InChI=1S/C14H14N4O/c1-18-12-5-4-9(10-7-13(15)19-17-10)6-11(12)16-14(18)8-2-3-8/h4-8H,2-3,15H2,1H3. The smallest absolute Gasteiger partial charge is 0.222 e. The second-order valence-corrected chi connectivity index (χ2v) is 5.12. The molecule has 0 bridgehead atoms. The number of anilines is 1. The van der Waals surface area contributed by atoms with E-state index in [4.69, 9.17) is 15.2 Å². The lowest BCUT2D eigenvalue weighted by Gasteiger charge is -1.99. The van der Waals surface area contributed by atoms with Crippen molar-refractivity contribution in [1.82, 2.24) is 14.7 Å². The summed E-state index contributed by atoms with van der Waals surface area (Å²) in [5, 5.41) is 3.93. The fourth-order valence-electron chi connectivity index (χ4n) is 2.51. The van der Waals surface area contributed by atoms with Crippen LogP contribution in [-0.4, -0.2) is 14.7 Å². The number of nitrogens with two attached hydrogens (primary N) is 1. The number of imidazole rings is 1. The number of rotatable bonds is 2. The van der Waals surface area contributed by atoms with Crippen molar-refractivity contribution >= 4 is 16.9 Å². The van der Waals surface area contributed by atoms with E-state index in [1.165, 1.54) is 18.7 Å². The van der Waals surface area contributed by atoms with E-state index < -0.39 is 0 Å². The first-order chi connectivity index (χ1) is 9.22. The molecule has 1 aromatic carbocycles. The minimum absolute atomic E-state index is 0.329. The van der Waals surface area contributed by atoms with Gasteiger partial charge in [0, 0.05) is 24.6 Å². The van der Waals surface area contributed by atoms with Crippen molar-refractivity contribution in [2.45, 2.75) is 18.8 Å². The minimum atomic E-state index is 0.329.